The topological polar surface area (TPSA) is 112 Å². The highest BCUT2D eigenvalue weighted by atomic mass is 32.1. The first kappa shape index (κ1) is 19.5. The molecule has 0 unspecified atom stereocenters. The molecule has 4 aromatic heterocycles. The summed E-state index contributed by atoms with van der Waals surface area (Å²) in [6, 6.07) is 13.8. The van der Waals surface area contributed by atoms with Crippen molar-refractivity contribution in [2.45, 2.75) is 6.54 Å². The Morgan fingerprint density at radius 1 is 1.10 bits per heavy atom. The van der Waals surface area contributed by atoms with Crippen LogP contribution in [0.5, 0.6) is 5.88 Å². The normalized spacial score (nSPS) is 10.7. The number of hydrogen-bond acceptors (Lipinski definition) is 8. The molecule has 1 N–H and O–H groups in total. The van der Waals surface area contributed by atoms with Crippen LogP contribution in [0, 0.1) is 0 Å². The van der Waals surface area contributed by atoms with Crippen molar-refractivity contribution in [2.75, 3.05) is 13.2 Å². The molecular weight excluding hydrogens is 406 g/mol. The van der Waals surface area contributed by atoms with Crippen LogP contribution in [0.15, 0.2) is 69.4 Å². The third-order valence-electron chi connectivity index (χ3n) is 4.02. The number of carbonyl (C=O) groups excluding carboxylic acids is 1. The first-order chi connectivity index (χ1) is 14.7. The Balaban J connectivity index is 1.25. The Morgan fingerprint density at radius 2 is 2.00 bits per heavy atom. The Hall–Kier alpha value is -3.79. The van der Waals surface area contributed by atoms with E-state index in [0.717, 1.165) is 9.56 Å². The van der Waals surface area contributed by atoms with E-state index in [1.165, 1.54) is 17.4 Å². The van der Waals surface area contributed by atoms with Gasteiger partial charge in [-0.15, -0.1) is 21.5 Å². The van der Waals surface area contributed by atoms with E-state index >= 15 is 0 Å². The SMILES string of the molecule is O=C(Cn1nc(-c2cccs2)ccc1=O)NCCOc1ccc(-c2ccco2)nn1. The summed E-state index contributed by atoms with van der Waals surface area (Å²) in [5.41, 5.74) is 0.911. The highest BCUT2D eigenvalue weighted by molar-refractivity contribution is 7.13. The Kier molecular flexibility index (Phi) is 5.95. The average Bonchev–Trinajstić information content (AvgIpc) is 3.48. The molecule has 0 bridgehead atoms. The monoisotopic (exact) mass is 423 g/mol. The zero-order valence-electron chi connectivity index (χ0n) is 15.7. The molecule has 0 saturated heterocycles. The van der Waals surface area contributed by atoms with Gasteiger partial charge < -0.3 is 14.5 Å². The summed E-state index contributed by atoms with van der Waals surface area (Å²) in [6.07, 6.45) is 1.56. The van der Waals surface area contributed by atoms with Crippen LogP contribution in [0.25, 0.3) is 22.0 Å². The second-order valence-corrected chi connectivity index (χ2v) is 7.07. The van der Waals surface area contributed by atoms with Gasteiger partial charge in [0.1, 0.15) is 24.5 Å². The van der Waals surface area contributed by atoms with Crippen LogP contribution in [-0.2, 0) is 11.3 Å². The van der Waals surface area contributed by atoms with E-state index in [2.05, 4.69) is 20.6 Å². The third-order valence-corrected chi connectivity index (χ3v) is 4.91. The van der Waals surface area contributed by atoms with E-state index in [1.54, 1.807) is 36.6 Å². The summed E-state index contributed by atoms with van der Waals surface area (Å²) in [7, 11) is 0. The zero-order chi connectivity index (χ0) is 20.8. The van der Waals surface area contributed by atoms with Crippen LogP contribution in [-0.4, -0.2) is 39.0 Å². The molecule has 152 valence electrons. The number of hydrogen-bond donors (Lipinski definition) is 1. The smallest absolute Gasteiger partial charge is 0.267 e. The molecule has 4 aromatic rings. The Morgan fingerprint density at radius 3 is 2.73 bits per heavy atom. The predicted octanol–water partition coefficient (Wildman–Crippen LogP) is 2.22. The second kappa shape index (κ2) is 9.14. The van der Waals surface area contributed by atoms with Crippen molar-refractivity contribution in [2.24, 2.45) is 0 Å². The largest absolute Gasteiger partial charge is 0.475 e. The number of furan rings is 1. The molecule has 0 fully saturated rings. The molecule has 0 radical (unpaired) electrons. The maximum absolute atomic E-state index is 12.1. The lowest BCUT2D eigenvalue weighted by Gasteiger charge is -2.08. The first-order valence-electron chi connectivity index (χ1n) is 9.08. The molecule has 0 aliphatic rings. The molecule has 9 nitrogen and oxygen atoms in total. The van der Waals surface area contributed by atoms with Gasteiger partial charge in [0, 0.05) is 12.1 Å². The van der Waals surface area contributed by atoms with Gasteiger partial charge in [0.2, 0.25) is 11.8 Å². The van der Waals surface area contributed by atoms with Gasteiger partial charge in [-0.3, -0.25) is 9.59 Å². The maximum Gasteiger partial charge on any atom is 0.267 e. The number of rotatable bonds is 8. The summed E-state index contributed by atoms with van der Waals surface area (Å²) in [5, 5.41) is 16.9. The van der Waals surface area contributed by atoms with Crippen molar-refractivity contribution < 1.29 is 13.9 Å². The minimum absolute atomic E-state index is 0.171. The van der Waals surface area contributed by atoms with E-state index < -0.39 is 0 Å². The van der Waals surface area contributed by atoms with E-state index in [-0.39, 0.29) is 31.2 Å². The van der Waals surface area contributed by atoms with Crippen LogP contribution in [0.2, 0.25) is 0 Å². The number of ether oxygens (including phenoxy) is 1. The zero-order valence-corrected chi connectivity index (χ0v) is 16.5. The number of nitrogens with one attached hydrogen (secondary N) is 1. The maximum atomic E-state index is 12.1. The molecule has 0 aliphatic carbocycles. The molecule has 0 spiro atoms. The van der Waals surface area contributed by atoms with Gasteiger partial charge in [0.15, 0.2) is 5.76 Å². The number of thiophene rings is 1. The van der Waals surface area contributed by atoms with Gasteiger partial charge in [-0.25, -0.2) is 4.68 Å². The molecule has 0 aliphatic heterocycles. The van der Waals surface area contributed by atoms with Crippen LogP contribution >= 0.6 is 11.3 Å². The molecule has 0 atom stereocenters. The highest BCUT2D eigenvalue weighted by Crippen LogP contribution is 2.21. The van der Waals surface area contributed by atoms with Crippen LogP contribution in [0.4, 0.5) is 0 Å². The van der Waals surface area contributed by atoms with Gasteiger partial charge in [-0.1, -0.05) is 6.07 Å². The van der Waals surface area contributed by atoms with Gasteiger partial charge in [0.05, 0.1) is 17.7 Å². The number of nitrogens with zero attached hydrogens (tertiary/aromatic N) is 4. The van der Waals surface area contributed by atoms with Gasteiger partial charge in [-0.05, 0) is 35.7 Å². The van der Waals surface area contributed by atoms with Crippen LogP contribution in [0.1, 0.15) is 0 Å². The van der Waals surface area contributed by atoms with Crippen molar-refractivity contribution in [1.82, 2.24) is 25.3 Å². The molecule has 30 heavy (non-hydrogen) atoms. The fraction of sp³-hybridized carbons (Fsp3) is 0.150. The van der Waals surface area contributed by atoms with Crippen LogP contribution < -0.4 is 15.6 Å². The van der Waals surface area contributed by atoms with Crippen molar-refractivity contribution >= 4 is 17.2 Å². The summed E-state index contributed by atoms with van der Waals surface area (Å²) >= 11 is 1.51. The molecule has 0 aromatic carbocycles. The lowest BCUT2D eigenvalue weighted by molar-refractivity contribution is -0.122. The van der Waals surface area contributed by atoms with E-state index in [4.69, 9.17) is 9.15 Å². The summed E-state index contributed by atoms with van der Waals surface area (Å²) in [6.45, 7) is 0.285. The average molecular weight is 423 g/mol. The molecular formula is C20H17N5O4S. The first-order valence-corrected chi connectivity index (χ1v) is 9.96. The lowest BCUT2D eigenvalue weighted by Crippen LogP contribution is -2.35. The number of amides is 1. The fourth-order valence-corrected chi connectivity index (χ4v) is 3.30. The summed E-state index contributed by atoms with van der Waals surface area (Å²) in [4.78, 5) is 25.1. The van der Waals surface area contributed by atoms with Crippen molar-refractivity contribution in [3.8, 4) is 27.9 Å². The predicted molar refractivity (Wildman–Crippen MR) is 110 cm³/mol. The quantitative estimate of drug-likeness (QED) is 0.433. The number of carbonyl (C=O) groups is 1. The van der Waals surface area contributed by atoms with Crippen molar-refractivity contribution in [3.05, 3.63) is 70.5 Å². The fourth-order valence-electron chi connectivity index (χ4n) is 2.61. The van der Waals surface area contributed by atoms with Gasteiger partial charge in [-0.2, -0.15) is 5.10 Å². The van der Waals surface area contributed by atoms with Gasteiger partial charge in [0.25, 0.3) is 5.56 Å². The van der Waals surface area contributed by atoms with E-state index in [9.17, 15) is 9.59 Å². The second-order valence-electron chi connectivity index (χ2n) is 6.12. The number of aromatic nitrogens is 4. The summed E-state index contributed by atoms with van der Waals surface area (Å²) in [5.74, 6) is 0.616. The highest BCUT2D eigenvalue weighted by Gasteiger charge is 2.09. The molecule has 4 rings (SSSR count). The Labute approximate surface area is 175 Å². The minimum atomic E-state index is -0.339. The van der Waals surface area contributed by atoms with E-state index in [0.29, 0.717) is 23.0 Å². The Bertz CT molecular complexity index is 1150. The van der Waals surface area contributed by atoms with Crippen molar-refractivity contribution in [3.63, 3.8) is 0 Å². The van der Waals surface area contributed by atoms with Crippen LogP contribution in [0.3, 0.4) is 0 Å². The minimum Gasteiger partial charge on any atom is -0.475 e. The van der Waals surface area contributed by atoms with E-state index in [1.807, 2.05) is 17.5 Å². The molecule has 4 heterocycles. The van der Waals surface area contributed by atoms with Crippen molar-refractivity contribution in [1.29, 1.82) is 0 Å². The molecule has 1 amide bonds. The molecule has 10 heteroatoms. The summed E-state index contributed by atoms with van der Waals surface area (Å²) < 4.78 is 11.9. The standard InChI is InChI=1S/C20H17N5O4S/c26-18(13-25-20(27)8-6-15(24-25)17-4-2-12-30-17)21-9-11-29-19-7-5-14(22-23-19)16-3-1-10-28-16/h1-8,10,12H,9,11,13H2,(H,21,26). The van der Waals surface area contributed by atoms with Gasteiger partial charge >= 0.3 is 0 Å². The lowest BCUT2D eigenvalue weighted by atomic mass is 10.3. The third kappa shape index (κ3) is 4.78. The molecule has 0 saturated carbocycles.